The summed E-state index contributed by atoms with van der Waals surface area (Å²) in [6, 6.07) is 3.44. The van der Waals surface area contributed by atoms with E-state index in [4.69, 9.17) is 11.2 Å². The Balaban J connectivity index is 1.29. The number of fused-ring (bicyclic) bond motifs is 3. The van der Waals surface area contributed by atoms with E-state index in [0.29, 0.717) is 24.1 Å². The summed E-state index contributed by atoms with van der Waals surface area (Å²) >= 11 is 0. The third-order valence-electron chi connectivity index (χ3n) is 9.73. The van der Waals surface area contributed by atoms with Crippen LogP contribution in [0.3, 0.4) is 0 Å². The van der Waals surface area contributed by atoms with E-state index in [-0.39, 0.29) is 66.8 Å². The number of aromatic nitrogens is 2. The number of nitriles is 1. The average molecular weight is 633 g/mol. The van der Waals surface area contributed by atoms with E-state index < -0.39 is 47.6 Å². The van der Waals surface area contributed by atoms with E-state index in [9.17, 15) is 23.5 Å². The number of nitrogens with zero attached hydrogens (tertiary/aromatic N) is 6. The molecule has 0 spiro atoms. The fourth-order valence-electron chi connectivity index (χ4n) is 7.73. The molecule has 0 bridgehead atoms. The molecular formula is C34H32F4N6O2. The molecule has 1 aliphatic carbocycles. The summed E-state index contributed by atoms with van der Waals surface area (Å²) in [7, 11) is 0. The summed E-state index contributed by atoms with van der Waals surface area (Å²) in [5.74, 6) is 1.04. The van der Waals surface area contributed by atoms with E-state index in [1.165, 1.54) is 30.5 Å². The lowest BCUT2D eigenvalue weighted by atomic mass is 9.80. The molecule has 1 aromatic heterocycles. The molecule has 1 N–H and O–H groups in total. The normalized spacial score (nSPS) is 30.1. The van der Waals surface area contributed by atoms with Crippen LogP contribution in [0.5, 0.6) is 6.01 Å². The van der Waals surface area contributed by atoms with Crippen LogP contribution in [0.25, 0.3) is 5.57 Å². The van der Waals surface area contributed by atoms with Gasteiger partial charge in [0.25, 0.3) is 0 Å². The van der Waals surface area contributed by atoms with Crippen molar-refractivity contribution in [1.82, 2.24) is 14.9 Å². The molecule has 8 nitrogen and oxygen atoms in total. The molecular weight excluding hydrogens is 600 g/mol. The molecule has 5 unspecified atom stereocenters. The van der Waals surface area contributed by atoms with Crippen molar-refractivity contribution in [2.45, 2.75) is 62.1 Å². The molecule has 1 aromatic carbocycles. The molecule has 2 fully saturated rings. The second-order valence-corrected chi connectivity index (χ2v) is 12.7. The quantitative estimate of drug-likeness (QED) is 0.368. The van der Waals surface area contributed by atoms with Crippen LogP contribution >= 0.6 is 0 Å². The second-order valence-electron chi connectivity index (χ2n) is 12.7. The highest BCUT2D eigenvalue weighted by Crippen LogP contribution is 2.44. The Bertz CT molecular complexity index is 1750. The molecule has 5 aliphatic rings. The van der Waals surface area contributed by atoms with E-state index in [2.05, 4.69) is 31.8 Å². The Kier molecular flexibility index (Phi) is 7.82. The van der Waals surface area contributed by atoms with Crippen molar-refractivity contribution in [3.05, 3.63) is 63.9 Å². The maximum atomic E-state index is 16.9. The van der Waals surface area contributed by atoms with Crippen molar-refractivity contribution < 1.29 is 27.4 Å². The number of halogens is 4. The minimum Gasteiger partial charge on any atom is -0.461 e. The molecule has 0 saturated carbocycles. The van der Waals surface area contributed by atoms with Gasteiger partial charge in [-0.2, -0.15) is 15.2 Å². The highest BCUT2D eigenvalue weighted by molar-refractivity contribution is 5.92. The van der Waals surface area contributed by atoms with E-state index >= 15 is 4.39 Å². The number of anilines is 1. The lowest BCUT2D eigenvalue weighted by Crippen LogP contribution is -2.43. The number of aliphatic hydroxyl groups is 1. The van der Waals surface area contributed by atoms with Crippen molar-refractivity contribution in [3.63, 3.8) is 0 Å². The molecule has 238 valence electrons. The Morgan fingerprint density at radius 1 is 1.17 bits per heavy atom. The number of ether oxygens (including phenoxy) is 1. The minimum absolute atomic E-state index is 0.0431. The first kappa shape index (κ1) is 30.4. The number of hydrogen-bond donors (Lipinski definition) is 1. The summed E-state index contributed by atoms with van der Waals surface area (Å²) in [5.41, 5.74) is 0.722. The summed E-state index contributed by atoms with van der Waals surface area (Å²) in [5, 5.41) is 19.9. The molecule has 2 aromatic rings. The zero-order chi connectivity index (χ0) is 32.2. The number of aliphatic hydroxyl groups excluding tert-OH is 1. The van der Waals surface area contributed by atoms with Crippen LogP contribution in [0.15, 0.2) is 35.1 Å². The molecule has 0 radical (unpaired) electrons. The molecule has 12 heteroatoms. The lowest BCUT2D eigenvalue weighted by Gasteiger charge is -2.34. The minimum atomic E-state index is -1.90. The standard InChI is InChI=1S/C34H32F4N6O2/c1-2-24-27(37)5-4-20-11-23(45)12-25(28(20)24)30-29(38)31-26(14-40-30)32(43-15-19(6-8-39)10-21(35)16-43)42-33(41-31)46-18-34-7-3-9-44(34)17-22(36)13-34/h1,4-5,10,12,14,19,22-23,29-30,45H,3,6-7,9,11,13,15-18H2/t19?,22?,23?,29?,30?,34-/m0/s1. The summed E-state index contributed by atoms with van der Waals surface area (Å²) in [6.07, 6.45) is 8.31. The number of alkyl halides is 2. The van der Waals surface area contributed by atoms with Gasteiger partial charge in [-0.1, -0.05) is 12.0 Å². The topological polar surface area (TPSA) is 97.9 Å². The SMILES string of the molecule is C#Cc1c(F)ccc2c1C(C1N=Cc3c(nc(OC[C@@]45CCCN4CC(F)C5)nc3N3CC(F)=CC(CC#N)C3)C1F)=CC(O)C2. The number of hydrogen-bond acceptors (Lipinski definition) is 8. The molecule has 0 amide bonds. The molecule has 6 atom stereocenters. The van der Waals surface area contributed by atoms with Crippen molar-refractivity contribution >= 4 is 17.6 Å². The Labute approximate surface area is 264 Å². The maximum Gasteiger partial charge on any atom is 0.318 e. The first-order valence-electron chi connectivity index (χ1n) is 15.5. The van der Waals surface area contributed by atoms with Gasteiger partial charge in [0.15, 0.2) is 6.17 Å². The maximum absolute atomic E-state index is 16.9. The third kappa shape index (κ3) is 5.23. The first-order chi connectivity index (χ1) is 22.2. The number of aliphatic imine (C=N–C) groups is 1. The van der Waals surface area contributed by atoms with Crippen LogP contribution < -0.4 is 9.64 Å². The zero-order valence-corrected chi connectivity index (χ0v) is 25.0. The van der Waals surface area contributed by atoms with Gasteiger partial charge in [-0.3, -0.25) is 9.89 Å². The highest BCUT2D eigenvalue weighted by atomic mass is 19.1. The van der Waals surface area contributed by atoms with Crippen LogP contribution in [-0.4, -0.2) is 82.8 Å². The molecule has 46 heavy (non-hydrogen) atoms. The lowest BCUT2D eigenvalue weighted by molar-refractivity contribution is 0.106. The largest absolute Gasteiger partial charge is 0.461 e. The Hall–Kier alpha value is -4.26. The van der Waals surface area contributed by atoms with Crippen LogP contribution in [-0.2, 0) is 6.42 Å². The van der Waals surface area contributed by atoms with Crippen molar-refractivity contribution in [2.24, 2.45) is 10.9 Å². The van der Waals surface area contributed by atoms with Crippen molar-refractivity contribution in [3.8, 4) is 24.4 Å². The van der Waals surface area contributed by atoms with Crippen LogP contribution in [0, 0.1) is 35.4 Å². The van der Waals surface area contributed by atoms with Crippen molar-refractivity contribution in [1.29, 1.82) is 5.26 Å². The molecule has 7 rings (SSSR count). The number of benzene rings is 1. The molecule has 5 heterocycles. The van der Waals surface area contributed by atoms with Gasteiger partial charge in [0.2, 0.25) is 0 Å². The monoisotopic (exact) mass is 632 g/mol. The predicted molar refractivity (Wildman–Crippen MR) is 163 cm³/mol. The van der Waals surface area contributed by atoms with E-state index in [1.807, 2.05) is 0 Å². The van der Waals surface area contributed by atoms with E-state index in [0.717, 1.165) is 19.4 Å². The van der Waals surface area contributed by atoms with Crippen molar-refractivity contribution in [2.75, 3.05) is 37.7 Å². The van der Waals surface area contributed by atoms with Gasteiger partial charge < -0.3 is 14.7 Å². The van der Waals surface area contributed by atoms with Gasteiger partial charge >= 0.3 is 6.01 Å². The average Bonchev–Trinajstić information content (AvgIpc) is 3.55. The predicted octanol–water partition coefficient (Wildman–Crippen LogP) is 4.57. The summed E-state index contributed by atoms with van der Waals surface area (Å²) in [4.78, 5) is 17.3. The number of terminal acetylenes is 1. The summed E-state index contributed by atoms with van der Waals surface area (Å²) < 4.78 is 67.1. The third-order valence-corrected chi connectivity index (χ3v) is 9.73. The van der Waals surface area contributed by atoms with E-state index in [1.54, 1.807) is 4.90 Å². The van der Waals surface area contributed by atoms with Gasteiger partial charge in [-0.05, 0) is 48.7 Å². The van der Waals surface area contributed by atoms with Crippen LogP contribution in [0.1, 0.15) is 59.8 Å². The van der Waals surface area contributed by atoms with Gasteiger partial charge in [0.1, 0.15) is 36.3 Å². The van der Waals surface area contributed by atoms with Gasteiger partial charge in [-0.25, -0.2) is 17.6 Å². The zero-order valence-electron chi connectivity index (χ0n) is 25.0. The fourth-order valence-corrected chi connectivity index (χ4v) is 7.73. The fraction of sp³-hybridized carbons (Fsp3) is 0.471. The Morgan fingerprint density at radius 2 is 2.02 bits per heavy atom. The summed E-state index contributed by atoms with van der Waals surface area (Å²) in [6.45, 7) is 1.27. The van der Waals surface area contributed by atoms with Gasteiger partial charge in [0, 0.05) is 50.0 Å². The van der Waals surface area contributed by atoms with Crippen LogP contribution in [0.4, 0.5) is 23.4 Å². The second kappa shape index (κ2) is 11.8. The van der Waals surface area contributed by atoms with Gasteiger partial charge in [0.05, 0.1) is 41.1 Å². The highest BCUT2D eigenvalue weighted by Gasteiger charge is 2.49. The number of rotatable bonds is 6. The van der Waals surface area contributed by atoms with Crippen LogP contribution in [0.2, 0.25) is 0 Å². The first-order valence-corrected chi connectivity index (χ1v) is 15.5. The van der Waals surface area contributed by atoms with Gasteiger partial charge in [-0.15, -0.1) is 6.42 Å². The molecule has 4 aliphatic heterocycles. The molecule has 2 saturated heterocycles. The Morgan fingerprint density at radius 3 is 2.83 bits per heavy atom. The smallest absolute Gasteiger partial charge is 0.318 e.